The lowest BCUT2D eigenvalue weighted by Gasteiger charge is -2.10. The van der Waals surface area contributed by atoms with E-state index in [9.17, 15) is 14.9 Å². The Morgan fingerprint density at radius 1 is 1.26 bits per heavy atom. The number of rotatable bonds is 6. The van der Waals surface area contributed by atoms with Crippen molar-refractivity contribution >= 4 is 28.9 Å². The van der Waals surface area contributed by atoms with Crippen molar-refractivity contribution in [3.05, 3.63) is 57.6 Å². The summed E-state index contributed by atoms with van der Waals surface area (Å²) in [6.45, 7) is -0.329. The van der Waals surface area contributed by atoms with Crippen molar-refractivity contribution in [2.24, 2.45) is 0 Å². The Labute approximate surface area is 136 Å². The normalized spacial score (nSPS) is 10.0. The van der Waals surface area contributed by atoms with Crippen LogP contribution in [0, 0.1) is 10.1 Å². The zero-order valence-corrected chi connectivity index (χ0v) is 12.9. The summed E-state index contributed by atoms with van der Waals surface area (Å²) in [6.07, 6.45) is 0. The van der Waals surface area contributed by atoms with Gasteiger partial charge in [0.2, 0.25) is 0 Å². The molecular weight excluding hydrogens is 324 g/mol. The number of nitrogens with one attached hydrogen (secondary N) is 1. The molecule has 0 aliphatic heterocycles. The molecule has 1 amide bonds. The van der Waals surface area contributed by atoms with E-state index in [2.05, 4.69) is 5.32 Å². The van der Waals surface area contributed by atoms with Crippen LogP contribution < -0.4 is 14.8 Å². The maximum Gasteiger partial charge on any atom is 0.273 e. The minimum Gasteiger partial charge on any atom is -0.493 e. The predicted octanol–water partition coefficient (Wildman–Crippen LogP) is 3.27. The molecule has 120 valence electrons. The zero-order valence-electron chi connectivity index (χ0n) is 12.1. The molecule has 0 aliphatic carbocycles. The van der Waals surface area contributed by atoms with E-state index in [0.717, 1.165) is 0 Å². The molecule has 2 aromatic rings. The first kappa shape index (κ1) is 16.6. The first-order valence-electron chi connectivity index (χ1n) is 6.50. The maximum atomic E-state index is 11.9. The first-order valence-corrected chi connectivity index (χ1v) is 6.88. The van der Waals surface area contributed by atoms with Crippen LogP contribution in [0.25, 0.3) is 0 Å². The third kappa shape index (κ3) is 4.58. The van der Waals surface area contributed by atoms with E-state index in [0.29, 0.717) is 16.5 Å². The van der Waals surface area contributed by atoms with E-state index in [1.165, 1.54) is 25.3 Å². The SMILES string of the molecule is COc1ccc([N+](=O)[O-])cc1OCC(=O)Nc1cccc(Cl)c1. The van der Waals surface area contributed by atoms with Crippen LogP contribution in [-0.2, 0) is 4.79 Å². The number of carbonyl (C=O) groups excluding carboxylic acids is 1. The smallest absolute Gasteiger partial charge is 0.273 e. The Morgan fingerprint density at radius 3 is 2.70 bits per heavy atom. The molecule has 0 heterocycles. The van der Waals surface area contributed by atoms with Gasteiger partial charge in [0, 0.05) is 16.8 Å². The number of halogens is 1. The second-order valence-electron chi connectivity index (χ2n) is 4.44. The molecule has 0 spiro atoms. The molecule has 0 saturated heterocycles. The predicted molar refractivity (Wildman–Crippen MR) is 85.2 cm³/mol. The number of nitro benzene ring substituents is 1. The number of nitro groups is 1. The third-order valence-electron chi connectivity index (χ3n) is 2.83. The van der Waals surface area contributed by atoms with Crippen molar-refractivity contribution in [3.8, 4) is 11.5 Å². The van der Waals surface area contributed by atoms with Crippen molar-refractivity contribution in [1.82, 2.24) is 0 Å². The molecule has 8 heteroatoms. The molecule has 0 unspecified atom stereocenters. The van der Waals surface area contributed by atoms with Gasteiger partial charge in [0.15, 0.2) is 18.1 Å². The van der Waals surface area contributed by atoms with Gasteiger partial charge in [-0.2, -0.15) is 0 Å². The highest BCUT2D eigenvalue weighted by molar-refractivity contribution is 6.30. The fourth-order valence-electron chi connectivity index (χ4n) is 1.80. The lowest BCUT2D eigenvalue weighted by atomic mass is 10.3. The number of anilines is 1. The molecule has 1 N–H and O–H groups in total. The average molecular weight is 337 g/mol. The van der Waals surface area contributed by atoms with Gasteiger partial charge in [0.25, 0.3) is 11.6 Å². The number of hydrogen-bond acceptors (Lipinski definition) is 5. The van der Waals surface area contributed by atoms with Crippen molar-refractivity contribution in [3.63, 3.8) is 0 Å². The highest BCUT2D eigenvalue weighted by Crippen LogP contribution is 2.31. The van der Waals surface area contributed by atoms with E-state index in [1.54, 1.807) is 24.3 Å². The Bertz CT molecular complexity index is 736. The number of carbonyl (C=O) groups is 1. The van der Waals surface area contributed by atoms with E-state index in [-0.39, 0.29) is 18.0 Å². The number of non-ortho nitro benzene ring substituents is 1. The van der Waals surface area contributed by atoms with E-state index in [4.69, 9.17) is 21.1 Å². The Morgan fingerprint density at radius 2 is 2.04 bits per heavy atom. The fraction of sp³-hybridized carbons (Fsp3) is 0.133. The molecule has 2 aromatic carbocycles. The molecule has 0 fully saturated rings. The standard InChI is InChI=1S/C15H13ClN2O5/c1-22-13-6-5-12(18(20)21)8-14(13)23-9-15(19)17-11-4-2-3-10(16)7-11/h2-8H,9H2,1H3,(H,17,19). The van der Waals surface area contributed by atoms with Crippen molar-refractivity contribution in [1.29, 1.82) is 0 Å². The summed E-state index contributed by atoms with van der Waals surface area (Å²) in [6, 6.07) is 10.5. The summed E-state index contributed by atoms with van der Waals surface area (Å²) < 4.78 is 10.4. The van der Waals surface area contributed by atoms with Gasteiger partial charge in [-0.15, -0.1) is 0 Å². The van der Waals surface area contributed by atoms with Gasteiger partial charge in [-0.25, -0.2) is 0 Å². The Balaban J connectivity index is 2.03. The van der Waals surface area contributed by atoms with Crippen LogP contribution in [0.4, 0.5) is 11.4 Å². The van der Waals surface area contributed by atoms with Gasteiger partial charge in [-0.3, -0.25) is 14.9 Å². The molecule has 0 aromatic heterocycles. The summed E-state index contributed by atoms with van der Waals surface area (Å²) in [4.78, 5) is 22.1. The van der Waals surface area contributed by atoms with Crippen molar-refractivity contribution in [2.45, 2.75) is 0 Å². The van der Waals surface area contributed by atoms with Crippen LogP contribution in [0.3, 0.4) is 0 Å². The number of ether oxygens (including phenoxy) is 2. The quantitative estimate of drug-likeness (QED) is 0.645. The van der Waals surface area contributed by atoms with Gasteiger partial charge in [-0.1, -0.05) is 17.7 Å². The molecular formula is C15H13ClN2O5. The van der Waals surface area contributed by atoms with Crippen LogP contribution in [0.2, 0.25) is 5.02 Å². The Kier molecular flexibility index (Phi) is 5.37. The Hall–Kier alpha value is -2.80. The van der Waals surface area contributed by atoms with Crippen LogP contribution in [0.15, 0.2) is 42.5 Å². The average Bonchev–Trinajstić information content (AvgIpc) is 2.52. The number of benzene rings is 2. The summed E-state index contributed by atoms with van der Waals surface area (Å²) in [5.74, 6) is -0.0186. The maximum absolute atomic E-state index is 11.9. The summed E-state index contributed by atoms with van der Waals surface area (Å²) in [5, 5.41) is 13.9. The topological polar surface area (TPSA) is 90.7 Å². The molecule has 0 bridgehead atoms. The number of methoxy groups -OCH3 is 1. The number of hydrogen-bond donors (Lipinski definition) is 1. The lowest BCUT2D eigenvalue weighted by Crippen LogP contribution is -2.20. The molecule has 0 saturated carbocycles. The van der Waals surface area contributed by atoms with E-state index >= 15 is 0 Å². The van der Waals surface area contributed by atoms with Gasteiger partial charge in [-0.05, 0) is 24.3 Å². The first-order chi connectivity index (χ1) is 11.0. The minimum absolute atomic E-state index is 0.114. The van der Waals surface area contributed by atoms with Gasteiger partial charge >= 0.3 is 0 Å². The van der Waals surface area contributed by atoms with Gasteiger partial charge in [0.05, 0.1) is 18.1 Å². The molecule has 0 radical (unpaired) electrons. The van der Waals surface area contributed by atoms with Crippen LogP contribution >= 0.6 is 11.6 Å². The van der Waals surface area contributed by atoms with Crippen LogP contribution in [0.5, 0.6) is 11.5 Å². The lowest BCUT2D eigenvalue weighted by molar-refractivity contribution is -0.385. The summed E-state index contributed by atoms with van der Waals surface area (Å²) >= 11 is 5.82. The zero-order chi connectivity index (χ0) is 16.8. The molecule has 0 aliphatic rings. The van der Waals surface area contributed by atoms with E-state index < -0.39 is 10.8 Å². The monoisotopic (exact) mass is 336 g/mol. The minimum atomic E-state index is -0.557. The second-order valence-corrected chi connectivity index (χ2v) is 4.88. The van der Waals surface area contributed by atoms with Gasteiger partial charge in [0.1, 0.15) is 0 Å². The number of amides is 1. The molecule has 0 atom stereocenters. The third-order valence-corrected chi connectivity index (χ3v) is 3.06. The molecule has 23 heavy (non-hydrogen) atoms. The molecule has 7 nitrogen and oxygen atoms in total. The van der Waals surface area contributed by atoms with Crippen molar-refractivity contribution in [2.75, 3.05) is 19.0 Å². The largest absolute Gasteiger partial charge is 0.493 e. The summed E-state index contributed by atoms with van der Waals surface area (Å²) in [5.41, 5.74) is 0.369. The summed E-state index contributed by atoms with van der Waals surface area (Å²) in [7, 11) is 1.40. The van der Waals surface area contributed by atoms with Gasteiger partial charge < -0.3 is 14.8 Å². The highest BCUT2D eigenvalue weighted by Gasteiger charge is 2.14. The van der Waals surface area contributed by atoms with Crippen LogP contribution in [-0.4, -0.2) is 24.5 Å². The second kappa shape index (κ2) is 7.46. The molecule has 2 rings (SSSR count). The highest BCUT2D eigenvalue weighted by atomic mass is 35.5. The van der Waals surface area contributed by atoms with Crippen LogP contribution in [0.1, 0.15) is 0 Å². The number of nitrogens with zero attached hydrogens (tertiary/aromatic N) is 1. The fourth-order valence-corrected chi connectivity index (χ4v) is 1.99. The van der Waals surface area contributed by atoms with E-state index in [1.807, 2.05) is 0 Å². The van der Waals surface area contributed by atoms with Crippen molar-refractivity contribution < 1.29 is 19.2 Å².